The molecule has 2 atom stereocenters. The van der Waals surface area contributed by atoms with Crippen LogP contribution in [-0.4, -0.2) is 40.6 Å². The fraction of sp³-hybridized carbons (Fsp3) is 0.429. The minimum atomic E-state index is -1.06. The van der Waals surface area contributed by atoms with Gasteiger partial charge in [-0.15, -0.1) is 0 Å². The highest BCUT2D eigenvalue weighted by Gasteiger charge is 2.24. The lowest BCUT2D eigenvalue weighted by Crippen LogP contribution is -2.41. The predicted octanol–water partition coefficient (Wildman–Crippen LogP) is 1.45. The van der Waals surface area contributed by atoms with Gasteiger partial charge in [0.25, 0.3) is 0 Å². The van der Waals surface area contributed by atoms with Gasteiger partial charge in [-0.25, -0.2) is 9.18 Å². The molecule has 0 saturated carbocycles. The number of ether oxygens (including phenoxy) is 1. The molecule has 21 heavy (non-hydrogen) atoms. The van der Waals surface area contributed by atoms with Gasteiger partial charge in [-0.05, 0) is 18.2 Å². The number of halogens is 1. The van der Waals surface area contributed by atoms with E-state index in [1.54, 1.807) is 6.07 Å². The zero-order chi connectivity index (χ0) is 15.4. The first-order valence-electron chi connectivity index (χ1n) is 6.48. The standard InChI is InChI=1S/C14H16FNO4S/c1-8(17)16-12(14(18)19)7-21-6-11-5-9-4-10(15)2-3-13(9)20-11/h2-4,11-12H,5-7H2,1H3,(H,16,17)(H,18,19)/t11?,12-/m0/s1. The highest BCUT2D eigenvalue weighted by atomic mass is 32.2. The highest BCUT2D eigenvalue weighted by Crippen LogP contribution is 2.30. The highest BCUT2D eigenvalue weighted by molar-refractivity contribution is 7.99. The smallest absolute Gasteiger partial charge is 0.327 e. The third-order valence-electron chi connectivity index (χ3n) is 3.03. The number of carboxylic acids is 1. The molecule has 2 rings (SSSR count). The molecule has 1 aromatic carbocycles. The van der Waals surface area contributed by atoms with Gasteiger partial charge in [0.2, 0.25) is 5.91 Å². The lowest BCUT2D eigenvalue weighted by atomic mass is 10.1. The van der Waals surface area contributed by atoms with Gasteiger partial charge >= 0.3 is 5.97 Å². The summed E-state index contributed by atoms with van der Waals surface area (Å²) in [4.78, 5) is 21.9. The molecule has 2 N–H and O–H groups in total. The van der Waals surface area contributed by atoms with E-state index in [0.717, 1.165) is 5.56 Å². The van der Waals surface area contributed by atoms with Gasteiger partial charge in [-0.3, -0.25) is 4.79 Å². The zero-order valence-electron chi connectivity index (χ0n) is 11.5. The predicted molar refractivity (Wildman–Crippen MR) is 77.1 cm³/mol. The molecule has 1 aromatic rings. The summed E-state index contributed by atoms with van der Waals surface area (Å²) in [6, 6.07) is 3.50. The van der Waals surface area contributed by atoms with Crippen molar-refractivity contribution in [3.8, 4) is 5.75 Å². The minimum Gasteiger partial charge on any atom is -0.489 e. The van der Waals surface area contributed by atoms with E-state index < -0.39 is 12.0 Å². The summed E-state index contributed by atoms with van der Waals surface area (Å²) < 4.78 is 18.8. The van der Waals surface area contributed by atoms with Gasteiger partial charge < -0.3 is 15.2 Å². The molecule has 5 nitrogen and oxygen atoms in total. The van der Waals surface area contributed by atoms with Gasteiger partial charge in [0.05, 0.1) is 0 Å². The number of hydrogen-bond acceptors (Lipinski definition) is 4. The van der Waals surface area contributed by atoms with Crippen LogP contribution in [0.4, 0.5) is 4.39 Å². The van der Waals surface area contributed by atoms with E-state index >= 15 is 0 Å². The number of benzene rings is 1. The maximum atomic E-state index is 13.1. The fourth-order valence-electron chi connectivity index (χ4n) is 2.12. The maximum Gasteiger partial charge on any atom is 0.327 e. The number of carbonyl (C=O) groups excluding carboxylic acids is 1. The molecular weight excluding hydrogens is 297 g/mol. The van der Waals surface area contributed by atoms with E-state index in [1.165, 1.54) is 30.8 Å². The lowest BCUT2D eigenvalue weighted by molar-refractivity contribution is -0.140. The zero-order valence-corrected chi connectivity index (χ0v) is 12.3. The molecule has 1 heterocycles. The molecule has 7 heteroatoms. The summed E-state index contributed by atoms with van der Waals surface area (Å²) in [6.45, 7) is 1.28. The Kier molecular flexibility index (Phi) is 5.06. The average Bonchev–Trinajstić information content (AvgIpc) is 2.78. The van der Waals surface area contributed by atoms with E-state index in [-0.39, 0.29) is 23.6 Å². The second kappa shape index (κ2) is 6.80. The number of aliphatic carboxylic acids is 1. The largest absolute Gasteiger partial charge is 0.489 e. The molecule has 1 amide bonds. The number of carbonyl (C=O) groups is 2. The van der Waals surface area contributed by atoms with Crippen LogP contribution in [0.25, 0.3) is 0 Å². The summed E-state index contributed by atoms with van der Waals surface area (Å²) in [5, 5.41) is 11.4. The first-order chi connectivity index (χ1) is 9.95. The number of hydrogen-bond donors (Lipinski definition) is 2. The van der Waals surface area contributed by atoms with Crippen molar-refractivity contribution < 1.29 is 23.8 Å². The van der Waals surface area contributed by atoms with Crippen molar-refractivity contribution in [1.29, 1.82) is 0 Å². The fourth-order valence-corrected chi connectivity index (χ4v) is 3.17. The van der Waals surface area contributed by atoms with Crippen molar-refractivity contribution in [1.82, 2.24) is 5.32 Å². The van der Waals surface area contributed by atoms with Crippen molar-refractivity contribution in [2.24, 2.45) is 0 Å². The van der Waals surface area contributed by atoms with Gasteiger partial charge in [-0.1, -0.05) is 0 Å². The third kappa shape index (κ3) is 4.35. The number of nitrogens with one attached hydrogen (secondary N) is 1. The molecule has 1 unspecified atom stereocenters. The molecule has 0 aromatic heterocycles. The van der Waals surface area contributed by atoms with Crippen LogP contribution in [0.5, 0.6) is 5.75 Å². The first kappa shape index (κ1) is 15.6. The van der Waals surface area contributed by atoms with E-state index in [1.807, 2.05) is 0 Å². The molecule has 1 aliphatic heterocycles. The van der Waals surface area contributed by atoms with E-state index in [2.05, 4.69) is 5.32 Å². The Balaban J connectivity index is 1.80. The Hall–Kier alpha value is -1.76. The van der Waals surface area contributed by atoms with E-state index in [4.69, 9.17) is 9.84 Å². The monoisotopic (exact) mass is 313 g/mol. The van der Waals surface area contributed by atoms with Gasteiger partial charge in [0, 0.05) is 30.4 Å². The SMILES string of the molecule is CC(=O)N[C@@H](CSCC1Cc2cc(F)ccc2O1)C(=O)O. The van der Waals surface area contributed by atoms with Gasteiger partial charge in [0.15, 0.2) is 0 Å². The normalized spacial score (nSPS) is 17.7. The van der Waals surface area contributed by atoms with E-state index in [0.29, 0.717) is 17.9 Å². The molecule has 0 saturated heterocycles. The lowest BCUT2D eigenvalue weighted by Gasteiger charge is -2.14. The molecule has 0 aliphatic carbocycles. The number of thioether (sulfide) groups is 1. The molecule has 1 aliphatic rings. The number of amides is 1. The summed E-state index contributed by atoms with van der Waals surface area (Å²) in [5.41, 5.74) is 0.831. The summed E-state index contributed by atoms with van der Waals surface area (Å²) in [5.74, 6) is -0.196. The van der Waals surface area contributed by atoms with Gasteiger partial charge in [0.1, 0.15) is 23.7 Å². The Labute approximate surface area is 125 Å². The number of fused-ring (bicyclic) bond motifs is 1. The molecule has 0 bridgehead atoms. The molecule has 0 fully saturated rings. The van der Waals surface area contributed by atoms with Crippen LogP contribution in [0.15, 0.2) is 18.2 Å². The van der Waals surface area contributed by atoms with Crippen molar-refractivity contribution in [3.63, 3.8) is 0 Å². The number of carboxylic acid groups (broad SMARTS) is 1. The van der Waals surface area contributed by atoms with Crippen LogP contribution in [0, 0.1) is 5.82 Å². The van der Waals surface area contributed by atoms with E-state index in [9.17, 15) is 14.0 Å². The topological polar surface area (TPSA) is 75.6 Å². The number of rotatable bonds is 6. The van der Waals surface area contributed by atoms with Crippen molar-refractivity contribution in [2.45, 2.75) is 25.5 Å². The van der Waals surface area contributed by atoms with Crippen molar-refractivity contribution >= 4 is 23.6 Å². The van der Waals surface area contributed by atoms with Crippen LogP contribution in [0.1, 0.15) is 12.5 Å². The summed E-state index contributed by atoms with van der Waals surface area (Å²) in [6.07, 6.45) is 0.511. The Bertz CT molecular complexity index is 552. The molecule has 114 valence electrons. The van der Waals surface area contributed by atoms with Crippen LogP contribution < -0.4 is 10.1 Å². The van der Waals surface area contributed by atoms with Crippen LogP contribution in [0.3, 0.4) is 0 Å². The first-order valence-corrected chi connectivity index (χ1v) is 7.64. The van der Waals surface area contributed by atoms with Crippen molar-refractivity contribution in [3.05, 3.63) is 29.6 Å². The Morgan fingerprint density at radius 3 is 3.00 bits per heavy atom. The Morgan fingerprint density at radius 1 is 1.57 bits per heavy atom. The van der Waals surface area contributed by atoms with Crippen molar-refractivity contribution in [2.75, 3.05) is 11.5 Å². The average molecular weight is 313 g/mol. The molecule has 0 radical (unpaired) electrons. The van der Waals surface area contributed by atoms with Crippen LogP contribution >= 0.6 is 11.8 Å². The van der Waals surface area contributed by atoms with Crippen LogP contribution in [-0.2, 0) is 16.0 Å². The minimum absolute atomic E-state index is 0.0985. The quantitative estimate of drug-likeness (QED) is 0.831. The maximum absolute atomic E-state index is 13.1. The van der Waals surface area contributed by atoms with Crippen LogP contribution in [0.2, 0.25) is 0 Å². The second-order valence-electron chi connectivity index (χ2n) is 4.82. The third-order valence-corrected chi connectivity index (χ3v) is 4.20. The Morgan fingerprint density at radius 2 is 2.33 bits per heavy atom. The summed E-state index contributed by atoms with van der Waals surface area (Å²) in [7, 11) is 0. The molecular formula is C14H16FNO4S. The second-order valence-corrected chi connectivity index (χ2v) is 5.90. The summed E-state index contributed by atoms with van der Waals surface area (Å²) >= 11 is 1.39. The van der Waals surface area contributed by atoms with Gasteiger partial charge in [-0.2, -0.15) is 11.8 Å². The molecule has 0 spiro atoms.